The lowest BCUT2D eigenvalue weighted by Gasteiger charge is -2.25. The lowest BCUT2D eigenvalue weighted by atomic mass is 10.2. The summed E-state index contributed by atoms with van der Waals surface area (Å²) in [6.45, 7) is 5.27. The van der Waals surface area contributed by atoms with E-state index in [-0.39, 0.29) is 11.5 Å². The molecule has 0 aliphatic rings. The molecule has 0 bridgehead atoms. The molecule has 0 fully saturated rings. The molecule has 0 radical (unpaired) electrons. The van der Waals surface area contributed by atoms with Gasteiger partial charge in [0, 0.05) is 6.42 Å². The molecule has 0 saturated carbocycles. The summed E-state index contributed by atoms with van der Waals surface area (Å²) in [6.07, 6.45) is 0.0456. The number of likely N-dealkylation sites (N-methyl/N-ethyl adjacent to an activating group) is 1. The van der Waals surface area contributed by atoms with Gasteiger partial charge in [0.05, 0.1) is 6.04 Å². The molecule has 76 valence electrons. The predicted octanol–water partition coefficient (Wildman–Crippen LogP) is 0.0286. The molecule has 5 heteroatoms. The topological polar surface area (TPSA) is 63.4 Å². The molecule has 0 heterocycles. The molecule has 0 unspecified atom stereocenters. The zero-order valence-corrected chi connectivity index (χ0v) is 8.88. The van der Waals surface area contributed by atoms with Crippen molar-refractivity contribution >= 4 is 23.7 Å². The fourth-order valence-electron chi connectivity index (χ4n) is 1.23. The highest BCUT2D eigenvalue weighted by atomic mass is 32.1. The van der Waals surface area contributed by atoms with E-state index in [1.807, 2.05) is 18.7 Å². The Balaban J connectivity index is 4.38. The third-order valence-electron chi connectivity index (χ3n) is 1.93. The minimum Gasteiger partial charge on any atom is -0.370 e. The van der Waals surface area contributed by atoms with Gasteiger partial charge in [-0.2, -0.15) is 0 Å². The molecule has 2 N–H and O–H groups in total. The van der Waals surface area contributed by atoms with Crippen molar-refractivity contribution in [2.75, 3.05) is 13.1 Å². The largest absolute Gasteiger partial charge is 0.370 e. The summed E-state index contributed by atoms with van der Waals surface area (Å²) in [4.78, 5) is 23.6. The van der Waals surface area contributed by atoms with Crippen LogP contribution in [0.25, 0.3) is 0 Å². The standard InChI is InChI=1S/C8H16N2O2S/c1-3-10(4-2)6(8(12)13)5-7(9)11/h6H,3-5H2,1-2H3,(H2,9,11)(H,12,13)/t6-/m1/s1. The number of rotatable bonds is 6. The lowest BCUT2D eigenvalue weighted by molar-refractivity contribution is -0.124. The molecule has 0 saturated heterocycles. The van der Waals surface area contributed by atoms with Crippen LogP contribution in [0.5, 0.6) is 0 Å². The van der Waals surface area contributed by atoms with Crippen LogP contribution in [0, 0.1) is 0 Å². The molecule has 0 spiro atoms. The van der Waals surface area contributed by atoms with E-state index >= 15 is 0 Å². The van der Waals surface area contributed by atoms with Crippen LogP contribution < -0.4 is 5.73 Å². The van der Waals surface area contributed by atoms with Crippen LogP contribution in [0.3, 0.4) is 0 Å². The van der Waals surface area contributed by atoms with Crippen LogP contribution in [0.1, 0.15) is 20.3 Å². The molecular weight excluding hydrogens is 188 g/mol. The highest BCUT2D eigenvalue weighted by Gasteiger charge is 2.22. The Hall–Kier alpha value is -0.550. The maximum Gasteiger partial charge on any atom is 0.219 e. The van der Waals surface area contributed by atoms with Crippen LogP contribution in [0.2, 0.25) is 0 Å². The fraction of sp³-hybridized carbons (Fsp3) is 0.750. The Morgan fingerprint density at radius 2 is 1.85 bits per heavy atom. The molecule has 0 aromatic heterocycles. The van der Waals surface area contributed by atoms with Crippen LogP contribution >= 0.6 is 12.6 Å². The zero-order valence-electron chi connectivity index (χ0n) is 7.99. The molecular formula is C8H16N2O2S. The Morgan fingerprint density at radius 1 is 1.38 bits per heavy atom. The maximum absolute atomic E-state index is 11.1. The highest BCUT2D eigenvalue weighted by molar-refractivity contribution is 7.96. The van der Waals surface area contributed by atoms with Crippen molar-refractivity contribution < 1.29 is 9.59 Å². The van der Waals surface area contributed by atoms with Gasteiger partial charge in [-0.05, 0) is 13.1 Å². The van der Waals surface area contributed by atoms with Crippen molar-refractivity contribution in [1.82, 2.24) is 4.90 Å². The summed E-state index contributed by atoms with van der Waals surface area (Å²) < 4.78 is 0. The highest BCUT2D eigenvalue weighted by Crippen LogP contribution is 2.07. The van der Waals surface area contributed by atoms with E-state index in [0.717, 1.165) is 0 Å². The first-order chi connectivity index (χ1) is 6.02. The van der Waals surface area contributed by atoms with E-state index in [2.05, 4.69) is 12.6 Å². The van der Waals surface area contributed by atoms with Crippen molar-refractivity contribution in [2.24, 2.45) is 5.73 Å². The molecule has 4 nitrogen and oxygen atoms in total. The van der Waals surface area contributed by atoms with Crippen molar-refractivity contribution in [3.8, 4) is 0 Å². The van der Waals surface area contributed by atoms with Crippen molar-refractivity contribution in [1.29, 1.82) is 0 Å². The quantitative estimate of drug-likeness (QED) is 0.600. The second-order valence-electron chi connectivity index (χ2n) is 2.75. The van der Waals surface area contributed by atoms with Crippen molar-refractivity contribution in [3.05, 3.63) is 0 Å². The number of amides is 1. The number of nitrogens with two attached hydrogens (primary N) is 1. The Morgan fingerprint density at radius 3 is 2.08 bits per heavy atom. The van der Waals surface area contributed by atoms with Gasteiger partial charge in [0.25, 0.3) is 0 Å². The maximum atomic E-state index is 11.1. The van der Waals surface area contributed by atoms with E-state index in [4.69, 9.17) is 5.73 Å². The first-order valence-electron chi connectivity index (χ1n) is 4.28. The Kier molecular flexibility index (Phi) is 5.73. The van der Waals surface area contributed by atoms with Crippen LogP contribution in [-0.4, -0.2) is 35.1 Å². The van der Waals surface area contributed by atoms with Gasteiger partial charge in [0.15, 0.2) is 0 Å². The molecule has 13 heavy (non-hydrogen) atoms. The molecule has 1 atom stereocenters. The summed E-state index contributed by atoms with van der Waals surface area (Å²) in [5.41, 5.74) is 5.03. The van der Waals surface area contributed by atoms with Gasteiger partial charge >= 0.3 is 0 Å². The SMILES string of the molecule is CCN(CC)[C@H](CC(N)=O)C(=O)S. The van der Waals surface area contributed by atoms with E-state index in [9.17, 15) is 9.59 Å². The van der Waals surface area contributed by atoms with E-state index in [0.29, 0.717) is 13.1 Å². The van der Waals surface area contributed by atoms with Gasteiger partial charge < -0.3 is 5.73 Å². The molecule has 0 aliphatic heterocycles. The van der Waals surface area contributed by atoms with Crippen molar-refractivity contribution in [3.63, 3.8) is 0 Å². The predicted molar refractivity (Wildman–Crippen MR) is 54.5 cm³/mol. The van der Waals surface area contributed by atoms with Crippen molar-refractivity contribution in [2.45, 2.75) is 26.3 Å². The van der Waals surface area contributed by atoms with E-state index in [1.165, 1.54) is 0 Å². The minimum absolute atomic E-state index is 0.0456. The average molecular weight is 204 g/mol. The van der Waals surface area contributed by atoms with Gasteiger partial charge in [0.2, 0.25) is 11.0 Å². The summed E-state index contributed by atoms with van der Waals surface area (Å²) in [6, 6.07) is -0.476. The minimum atomic E-state index is -0.476. The van der Waals surface area contributed by atoms with Gasteiger partial charge in [-0.15, -0.1) is 12.6 Å². The lowest BCUT2D eigenvalue weighted by Crippen LogP contribution is -2.41. The van der Waals surface area contributed by atoms with E-state index in [1.54, 1.807) is 0 Å². The number of carbonyl (C=O) groups excluding carboxylic acids is 2. The zero-order chi connectivity index (χ0) is 10.4. The second-order valence-corrected chi connectivity index (χ2v) is 3.19. The Labute approximate surface area is 83.9 Å². The third-order valence-corrected chi connectivity index (χ3v) is 2.23. The normalized spacial score (nSPS) is 12.9. The summed E-state index contributed by atoms with van der Waals surface area (Å²) >= 11 is 3.73. The second kappa shape index (κ2) is 5.99. The monoisotopic (exact) mass is 204 g/mol. The first kappa shape index (κ1) is 12.4. The summed E-state index contributed by atoms with van der Waals surface area (Å²) in [5.74, 6) is -0.473. The number of nitrogens with zero attached hydrogens (tertiary/aromatic N) is 1. The smallest absolute Gasteiger partial charge is 0.219 e. The van der Waals surface area contributed by atoms with Gasteiger partial charge in [-0.1, -0.05) is 13.8 Å². The number of thiol groups is 1. The average Bonchev–Trinajstić information content (AvgIpc) is 2.04. The molecule has 0 aromatic rings. The third kappa shape index (κ3) is 4.28. The number of primary amides is 1. The fourth-order valence-corrected chi connectivity index (χ4v) is 1.48. The van der Waals surface area contributed by atoms with Crippen LogP contribution in [0.15, 0.2) is 0 Å². The van der Waals surface area contributed by atoms with Gasteiger partial charge in [-0.25, -0.2) is 0 Å². The van der Waals surface area contributed by atoms with Gasteiger partial charge in [-0.3, -0.25) is 14.5 Å². The van der Waals surface area contributed by atoms with Crippen LogP contribution in [0.4, 0.5) is 0 Å². The number of carbonyl (C=O) groups is 2. The Bertz CT molecular complexity index is 193. The van der Waals surface area contributed by atoms with Gasteiger partial charge in [0.1, 0.15) is 0 Å². The number of hydrogen-bond acceptors (Lipinski definition) is 3. The first-order valence-corrected chi connectivity index (χ1v) is 4.72. The summed E-state index contributed by atoms with van der Waals surface area (Å²) in [5, 5.41) is -0.303. The molecule has 0 aromatic carbocycles. The van der Waals surface area contributed by atoms with E-state index < -0.39 is 11.9 Å². The molecule has 0 rings (SSSR count). The molecule has 0 aliphatic carbocycles. The van der Waals surface area contributed by atoms with Crippen LogP contribution in [-0.2, 0) is 9.59 Å². The summed E-state index contributed by atoms with van der Waals surface area (Å²) in [7, 11) is 0. The molecule has 1 amide bonds. The number of hydrogen-bond donors (Lipinski definition) is 2.